The van der Waals surface area contributed by atoms with Crippen molar-refractivity contribution >= 4 is 0 Å². The summed E-state index contributed by atoms with van der Waals surface area (Å²) in [5.41, 5.74) is 6.44. The van der Waals surface area contributed by atoms with Gasteiger partial charge in [-0.1, -0.05) is 0 Å². The third-order valence-corrected chi connectivity index (χ3v) is 3.20. The van der Waals surface area contributed by atoms with Crippen LogP contribution < -0.4 is 5.73 Å². The van der Waals surface area contributed by atoms with Crippen molar-refractivity contribution in [3.05, 3.63) is 0 Å². The maximum atomic E-state index is 5.49. The van der Waals surface area contributed by atoms with Crippen molar-refractivity contribution in [1.82, 2.24) is 0 Å². The Hall–Kier alpha value is -0.0800. The van der Waals surface area contributed by atoms with Gasteiger partial charge in [0.2, 0.25) is 0 Å². The van der Waals surface area contributed by atoms with Crippen molar-refractivity contribution in [1.29, 1.82) is 0 Å². The molecule has 3 fully saturated rings. The average molecular weight is 141 g/mol. The Bertz CT molecular complexity index is 136. The first-order valence-electron chi connectivity index (χ1n) is 4.00. The molecule has 2 nitrogen and oxygen atoms in total. The largest absolute Gasteiger partial charge is 0.378 e. The second-order valence-corrected chi connectivity index (χ2v) is 3.96. The summed E-state index contributed by atoms with van der Waals surface area (Å²) in [5, 5.41) is 0. The van der Waals surface area contributed by atoms with Gasteiger partial charge in [0.1, 0.15) is 0 Å². The van der Waals surface area contributed by atoms with Gasteiger partial charge >= 0.3 is 0 Å². The van der Waals surface area contributed by atoms with E-state index >= 15 is 0 Å². The quantitative estimate of drug-likeness (QED) is 0.634. The Kier molecular flexibility index (Phi) is 1.15. The summed E-state index contributed by atoms with van der Waals surface area (Å²) in [6, 6.07) is 0. The molecule has 0 atom stereocenters. The van der Waals surface area contributed by atoms with Crippen LogP contribution in [-0.2, 0) is 4.74 Å². The van der Waals surface area contributed by atoms with E-state index in [-0.39, 0.29) is 0 Å². The summed E-state index contributed by atoms with van der Waals surface area (Å²) >= 11 is 0. The lowest BCUT2D eigenvalue weighted by Crippen LogP contribution is -2.68. The molecule has 2 bridgehead atoms. The minimum Gasteiger partial charge on any atom is -0.378 e. The standard InChI is InChI=1S/C8H15NO/c1-10-8-4-7(5-8,6-8)2-3-9/h2-6,9H2,1H3. The number of rotatable bonds is 3. The molecule has 3 aliphatic carbocycles. The van der Waals surface area contributed by atoms with Crippen molar-refractivity contribution in [2.75, 3.05) is 13.7 Å². The zero-order chi connectivity index (χ0) is 7.24. The maximum absolute atomic E-state index is 5.49. The van der Waals surface area contributed by atoms with E-state index in [1.165, 1.54) is 25.7 Å². The van der Waals surface area contributed by atoms with Crippen molar-refractivity contribution in [2.45, 2.75) is 31.3 Å². The average Bonchev–Trinajstić information content (AvgIpc) is 1.74. The lowest BCUT2D eigenvalue weighted by Gasteiger charge is -2.69. The van der Waals surface area contributed by atoms with Gasteiger partial charge in [0, 0.05) is 7.11 Å². The fraction of sp³-hybridized carbons (Fsp3) is 1.00. The van der Waals surface area contributed by atoms with Gasteiger partial charge < -0.3 is 10.5 Å². The fourth-order valence-corrected chi connectivity index (χ4v) is 2.68. The summed E-state index contributed by atoms with van der Waals surface area (Å²) in [7, 11) is 1.82. The van der Waals surface area contributed by atoms with Gasteiger partial charge in [-0.2, -0.15) is 0 Å². The van der Waals surface area contributed by atoms with Crippen molar-refractivity contribution in [3.8, 4) is 0 Å². The summed E-state index contributed by atoms with van der Waals surface area (Å²) in [6.07, 6.45) is 5.02. The Labute approximate surface area is 61.7 Å². The van der Waals surface area contributed by atoms with Gasteiger partial charge in [-0.05, 0) is 37.6 Å². The molecule has 2 N–H and O–H groups in total. The van der Waals surface area contributed by atoms with Crippen LogP contribution in [0.25, 0.3) is 0 Å². The van der Waals surface area contributed by atoms with E-state index in [1.54, 1.807) is 0 Å². The highest BCUT2D eigenvalue weighted by atomic mass is 16.5. The second-order valence-electron chi connectivity index (χ2n) is 3.96. The molecule has 2 heteroatoms. The lowest BCUT2D eigenvalue weighted by atomic mass is 9.40. The molecule has 3 saturated carbocycles. The second kappa shape index (κ2) is 1.74. The summed E-state index contributed by atoms with van der Waals surface area (Å²) < 4.78 is 5.37. The van der Waals surface area contributed by atoms with Crippen LogP contribution in [0.4, 0.5) is 0 Å². The smallest absolute Gasteiger partial charge is 0.0694 e. The molecular formula is C8H15NO. The van der Waals surface area contributed by atoms with Crippen LogP contribution in [0.3, 0.4) is 0 Å². The molecule has 0 aliphatic heterocycles. The van der Waals surface area contributed by atoms with Crippen LogP contribution in [-0.4, -0.2) is 19.3 Å². The van der Waals surface area contributed by atoms with Crippen LogP contribution in [0.5, 0.6) is 0 Å². The highest BCUT2D eigenvalue weighted by molar-refractivity contribution is 5.19. The first-order chi connectivity index (χ1) is 4.74. The van der Waals surface area contributed by atoms with E-state index in [1.807, 2.05) is 7.11 Å². The molecule has 0 spiro atoms. The number of ether oxygens (including phenoxy) is 1. The normalized spacial score (nSPS) is 49.8. The Morgan fingerprint density at radius 2 is 2.00 bits per heavy atom. The molecule has 0 aromatic rings. The Balaban J connectivity index is 1.86. The number of hydrogen-bond acceptors (Lipinski definition) is 2. The van der Waals surface area contributed by atoms with Gasteiger partial charge in [0.25, 0.3) is 0 Å². The minimum absolute atomic E-state index is 0.315. The SMILES string of the molecule is COC12CC(CCN)(C1)C2. The number of hydrogen-bond donors (Lipinski definition) is 1. The first kappa shape index (κ1) is 6.62. The Morgan fingerprint density at radius 1 is 1.40 bits per heavy atom. The summed E-state index contributed by atoms with van der Waals surface area (Å²) in [6.45, 7) is 0.847. The van der Waals surface area contributed by atoms with E-state index in [4.69, 9.17) is 10.5 Å². The highest BCUT2D eigenvalue weighted by Gasteiger charge is 2.67. The van der Waals surface area contributed by atoms with E-state index in [9.17, 15) is 0 Å². The summed E-state index contributed by atoms with van der Waals surface area (Å²) in [5.74, 6) is 0. The number of methoxy groups -OCH3 is 1. The van der Waals surface area contributed by atoms with Crippen LogP contribution in [0.1, 0.15) is 25.7 Å². The zero-order valence-corrected chi connectivity index (χ0v) is 6.52. The van der Waals surface area contributed by atoms with Gasteiger partial charge in [0.05, 0.1) is 5.60 Å². The van der Waals surface area contributed by atoms with E-state index < -0.39 is 0 Å². The van der Waals surface area contributed by atoms with Crippen molar-refractivity contribution in [3.63, 3.8) is 0 Å². The zero-order valence-electron chi connectivity index (χ0n) is 6.52. The molecule has 0 heterocycles. The molecular weight excluding hydrogens is 126 g/mol. The van der Waals surface area contributed by atoms with E-state index in [0.717, 1.165) is 6.54 Å². The molecule has 0 saturated heterocycles. The van der Waals surface area contributed by atoms with Crippen LogP contribution in [0.15, 0.2) is 0 Å². The predicted molar refractivity (Wildman–Crippen MR) is 39.7 cm³/mol. The molecule has 10 heavy (non-hydrogen) atoms. The van der Waals surface area contributed by atoms with Gasteiger partial charge in [0.15, 0.2) is 0 Å². The van der Waals surface area contributed by atoms with Crippen LogP contribution in [0, 0.1) is 5.41 Å². The molecule has 0 amide bonds. The van der Waals surface area contributed by atoms with Gasteiger partial charge in [-0.25, -0.2) is 0 Å². The lowest BCUT2D eigenvalue weighted by molar-refractivity contribution is -0.275. The van der Waals surface area contributed by atoms with Gasteiger partial charge in [-0.15, -0.1) is 0 Å². The molecule has 0 radical (unpaired) electrons. The topological polar surface area (TPSA) is 35.2 Å². The van der Waals surface area contributed by atoms with Crippen LogP contribution >= 0.6 is 0 Å². The highest BCUT2D eigenvalue weighted by Crippen LogP contribution is 2.70. The maximum Gasteiger partial charge on any atom is 0.0694 e. The Morgan fingerprint density at radius 3 is 2.40 bits per heavy atom. The first-order valence-corrected chi connectivity index (χ1v) is 4.00. The molecule has 0 unspecified atom stereocenters. The predicted octanol–water partition coefficient (Wildman–Crippen LogP) is 0.904. The van der Waals surface area contributed by atoms with Crippen molar-refractivity contribution in [2.24, 2.45) is 11.1 Å². The molecule has 0 aromatic heterocycles. The molecule has 3 rings (SSSR count). The number of nitrogens with two attached hydrogens (primary N) is 1. The molecule has 58 valence electrons. The summed E-state index contributed by atoms with van der Waals surface area (Å²) in [4.78, 5) is 0. The molecule has 0 aromatic carbocycles. The van der Waals surface area contributed by atoms with E-state index in [2.05, 4.69) is 0 Å². The van der Waals surface area contributed by atoms with Crippen molar-refractivity contribution < 1.29 is 4.74 Å². The fourth-order valence-electron chi connectivity index (χ4n) is 2.68. The molecule has 3 aliphatic rings. The van der Waals surface area contributed by atoms with Crippen LogP contribution in [0.2, 0.25) is 0 Å². The monoisotopic (exact) mass is 141 g/mol. The van der Waals surface area contributed by atoms with Gasteiger partial charge in [-0.3, -0.25) is 0 Å². The van der Waals surface area contributed by atoms with E-state index in [0.29, 0.717) is 11.0 Å². The minimum atomic E-state index is 0.315. The third kappa shape index (κ3) is 0.611. The third-order valence-electron chi connectivity index (χ3n) is 3.20.